The van der Waals surface area contributed by atoms with Crippen molar-refractivity contribution in [3.8, 4) is 0 Å². The van der Waals surface area contributed by atoms with E-state index in [1.807, 2.05) is 13.1 Å². The predicted molar refractivity (Wildman–Crippen MR) is 56.3 cm³/mol. The molecule has 76 valence electrons. The van der Waals surface area contributed by atoms with Crippen molar-refractivity contribution in [2.24, 2.45) is 5.73 Å². The van der Waals surface area contributed by atoms with Gasteiger partial charge in [0.1, 0.15) is 11.6 Å². The van der Waals surface area contributed by atoms with E-state index in [-0.39, 0.29) is 0 Å². The molecule has 4 heteroatoms. The zero-order chi connectivity index (χ0) is 9.97. The molecule has 0 radical (unpaired) electrons. The zero-order valence-electron chi connectivity index (χ0n) is 8.45. The maximum absolute atomic E-state index is 5.51. The number of aromatic nitrogens is 2. The highest BCUT2D eigenvalue weighted by molar-refractivity contribution is 5.36. The molecule has 0 spiro atoms. The number of nitrogens with one attached hydrogen (secondary N) is 1. The van der Waals surface area contributed by atoms with Crippen LogP contribution in [0.2, 0.25) is 0 Å². The van der Waals surface area contributed by atoms with Gasteiger partial charge >= 0.3 is 0 Å². The first kappa shape index (κ1) is 9.40. The molecule has 0 amide bonds. The second-order valence-corrected chi connectivity index (χ2v) is 3.67. The fraction of sp³-hybridized carbons (Fsp3) is 0.600. The van der Waals surface area contributed by atoms with Crippen molar-refractivity contribution in [1.82, 2.24) is 9.97 Å². The van der Waals surface area contributed by atoms with Gasteiger partial charge in [-0.1, -0.05) is 0 Å². The Bertz CT molecular complexity index is 320. The molecule has 14 heavy (non-hydrogen) atoms. The molecule has 1 heterocycles. The fourth-order valence-corrected chi connectivity index (χ4v) is 1.45. The van der Waals surface area contributed by atoms with Gasteiger partial charge in [-0.2, -0.15) is 0 Å². The van der Waals surface area contributed by atoms with Crippen molar-refractivity contribution >= 4 is 5.82 Å². The van der Waals surface area contributed by atoms with E-state index < -0.39 is 0 Å². The molecule has 0 unspecified atom stereocenters. The molecule has 0 saturated heterocycles. The van der Waals surface area contributed by atoms with Gasteiger partial charge in [0.15, 0.2) is 0 Å². The summed E-state index contributed by atoms with van der Waals surface area (Å²) in [7, 11) is 1.88. The fourth-order valence-electron chi connectivity index (χ4n) is 1.45. The number of anilines is 1. The van der Waals surface area contributed by atoms with Crippen LogP contribution in [0.3, 0.4) is 0 Å². The summed E-state index contributed by atoms with van der Waals surface area (Å²) in [5.41, 5.74) is 6.56. The van der Waals surface area contributed by atoms with Gasteiger partial charge in [0, 0.05) is 31.1 Å². The van der Waals surface area contributed by atoms with Crippen LogP contribution in [-0.4, -0.2) is 23.6 Å². The summed E-state index contributed by atoms with van der Waals surface area (Å²) in [6.45, 7) is 0.643. The summed E-state index contributed by atoms with van der Waals surface area (Å²) in [5.74, 6) is 2.49. The summed E-state index contributed by atoms with van der Waals surface area (Å²) in [4.78, 5) is 8.94. The topological polar surface area (TPSA) is 63.8 Å². The highest BCUT2D eigenvalue weighted by atomic mass is 15.0. The molecule has 1 aromatic heterocycles. The Labute approximate surface area is 83.9 Å². The molecule has 1 aliphatic rings. The number of hydrogen-bond donors (Lipinski definition) is 2. The van der Waals surface area contributed by atoms with E-state index in [1.165, 1.54) is 12.8 Å². The SMILES string of the molecule is CNc1cc(CCN)nc(C2CC2)n1. The van der Waals surface area contributed by atoms with E-state index in [0.717, 1.165) is 23.8 Å². The van der Waals surface area contributed by atoms with Gasteiger partial charge in [0.2, 0.25) is 0 Å². The maximum Gasteiger partial charge on any atom is 0.134 e. The molecule has 0 aromatic carbocycles. The Hall–Kier alpha value is -1.16. The number of hydrogen-bond acceptors (Lipinski definition) is 4. The van der Waals surface area contributed by atoms with Gasteiger partial charge in [-0.05, 0) is 19.4 Å². The van der Waals surface area contributed by atoms with E-state index >= 15 is 0 Å². The lowest BCUT2D eigenvalue weighted by Gasteiger charge is -2.05. The van der Waals surface area contributed by atoms with Gasteiger partial charge in [-0.3, -0.25) is 0 Å². The van der Waals surface area contributed by atoms with Crippen LogP contribution in [0.25, 0.3) is 0 Å². The molecular weight excluding hydrogens is 176 g/mol. The average Bonchev–Trinajstić information content (AvgIpc) is 3.01. The van der Waals surface area contributed by atoms with E-state index in [0.29, 0.717) is 12.5 Å². The first-order valence-corrected chi connectivity index (χ1v) is 5.09. The van der Waals surface area contributed by atoms with Gasteiger partial charge in [-0.25, -0.2) is 9.97 Å². The Morgan fingerprint density at radius 3 is 2.86 bits per heavy atom. The van der Waals surface area contributed by atoms with Crippen LogP contribution in [-0.2, 0) is 6.42 Å². The van der Waals surface area contributed by atoms with Crippen molar-refractivity contribution in [1.29, 1.82) is 0 Å². The van der Waals surface area contributed by atoms with E-state index in [4.69, 9.17) is 5.73 Å². The van der Waals surface area contributed by atoms with Gasteiger partial charge in [-0.15, -0.1) is 0 Å². The minimum Gasteiger partial charge on any atom is -0.373 e. The third-order valence-electron chi connectivity index (χ3n) is 2.40. The van der Waals surface area contributed by atoms with E-state index in [2.05, 4.69) is 15.3 Å². The Morgan fingerprint density at radius 1 is 1.50 bits per heavy atom. The quantitative estimate of drug-likeness (QED) is 0.744. The molecule has 0 atom stereocenters. The van der Waals surface area contributed by atoms with Crippen LogP contribution in [0.4, 0.5) is 5.82 Å². The lowest BCUT2D eigenvalue weighted by atomic mass is 10.2. The number of nitrogens with two attached hydrogens (primary N) is 1. The summed E-state index contributed by atoms with van der Waals surface area (Å²) in [6.07, 6.45) is 3.29. The van der Waals surface area contributed by atoms with Crippen molar-refractivity contribution in [3.63, 3.8) is 0 Å². The molecule has 1 fully saturated rings. The Balaban J connectivity index is 2.26. The van der Waals surface area contributed by atoms with Gasteiger partial charge in [0.25, 0.3) is 0 Å². The van der Waals surface area contributed by atoms with Crippen LogP contribution in [0.1, 0.15) is 30.3 Å². The molecule has 1 saturated carbocycles. The van der Waals surface area contributed by atoms with E-state index in [1.54, 1.807) is 0 Å². The molecular formula is C10H16N4. The minimum atomic E-state index is 0.597. The third-order valence-corrected chi connectivity index (χ3v) is 2.40. The largest absolute Gasteiger partial charge is 0.373 e. The van der Waals surface area contributed by atoms with Crippen LogP contribution in [0.15, 0.2) is 6.07 Å². The standard InChI is InChI=1S/C10H16N4/c1-12-9-6-8(4-5-11)13-10(14-9)7-2-3-7/h6-7H,2-5,11H2,1H3,(H,12,13,14). The van der Waals surface area contributed by atoms with Crippen molar-refractivity contribution < 1.29 is 0 Å². The summed E-state index contributed by atoms with van der Waals surface area (Å²) < 4.78 is 0. The van der Waals surface area contributed by atoms with Crippen LogP contribution < -0.4 is 11.1 Å². The van der Waals surface area contributed by atoms with Crippen LogP contribution in [0, 0.1) is 0 Å². The number of rotatable bonds is 4. The summed E-state index contributed by atoms with van der Waals surface area (Å²) >= 11 is 0. The zero-order valence-corrected chi connectivity index (χ0v) is 8.45. The summed E-state index contributed by atoms with van der Waals surface area (Å²) in [5, 5.41) is 3.06. The van der Waals surface area contributed by atoms with Gasteiger partial charge in [0.05, 0.1) is 0 Å². The molecule has 1 aromatic rings. The molecule has 3 N–H and O–H groups in total. The minimum absolute atomic E-state index is 0.597. The van der Waals surface area contributed by atoms with Crippen molar-refractivity contribution in [2.45, 2.75) is 25.2 Å². The first-order chi connectivity index (χ1) is 6.83. The third kappa shape index (κ3) is 2.01. The monoisotopic (exact) mass is 192 g/mol. The highest BCUT2D eigenvalue weighted by Gasteiger charge is 2.27. The lowest BCUT2D eigenvalue weighted by molar-refractivity contribution is 0.851. The molecule has 0 aliphatic heterocycles. The first-order valence-electron chi connectivity index (χ1n) is 5.09. The summed E-state index contributed by atoms with van der Waals surface area (Å²) in [6, 6.07) is 1.97. The lowest BCUT2D eigenvalue weighted by Crippen LogP contribution is -2.08. The molecule has 4 nitrogen and oxygen atoms in total. The van der Waals surface area contributed by atoms with Crippen molar-refractivity contribution in [2.75, 3.05) is 18.9 Å². The molecule has 0 bridgehead atoms. The maximum atomic E-state index is 5.51. The van der Waals surface area contributed by atoms with E-state index in [9.17, 15) is 0 Å². The smallest absolute Gasteiger partial charge is 0.134 e. The normalized spacial score (nSPS) is 15.6. The average molecular weight is 192 g/mol. The van der Waals surface area contributed by atoms with Gasteiger partial charge < -0.3 is 11.1 Å². The number of nitrogens with zero attached hydrogens (tertiary/aromatic N) is 2. The highest BCUT2D eigenvalue weighted by Crippen LogP contribution is 2.38. The molecule has 2 rings (SSSR count). The second-order valence-electron chi connectivity index (χ2n) is 3.67. The Morgan fingerprint density at radius 2 is 2.29 bits per heavy atom. The second kappa shape index (κ2) is 3.92. The molecule has 1 aliphatic carbocycles. The van der Waals surface area contributed by atoms with Crippen LogP contribution >= 0.6 is 0 Å². The Kier molecular flexibility index (Phi) is 2.63. The van der Waals surface area contributed by atoms with Crippen LogP contribution in [0.5, 0.6) is 0 Å². The van der Waals surface area contributed by atoms with Crippen molar-refractivity contribution in [3.05, 3.63) is 17.6 Å². The predicted octanol–water partition coefficient (Wildman–Crippen LogP) is 0.897.